The van der Waals surface area contributed by atoms with Crippen LogP contribution in [-0.2, 0) is 10.0 Å². The molecule has 0 aliphatic carbocycles. The van der Waals surface area contributed by atoms with Crippen LogP contribution in [0.2, 0.25) is 0 Å². The predicted molar refractivity (Wildman–Crippen MR) is 32.1 cm³/mol. The van der Waals surface area contributed by atoms with Gasteiger partial charge in [-0.1, -0.05) is 6.92 Å². The van der Waals surface area contributed by atoms with Crippen LogP contribution in [0.5, 0.6) is 0 Å². The summed E-state index contributed by atoms with van der Waals surface area (Å²) in [5, 5.41) is 0. The first-order chi connectivity index (χ1) is 3.56. The van der Waals surface area contributed by atoms with Gasteiger partial charge >= 0.3 is 0 Å². The van der Waals surface area contributed by atoms with Crippen molar-refractivity contribution in [3.8, 4) is 0 Å². The van der Waals surface area contributed by atoms with Crippen molar-refractivity contribution in [3.05, 3.63) is 0 Å². The van der Waals surface area contributed by atoms with Crippen LogP contribution in [0.3, 0.4) is 0 Å². The predicted octanol–water partition coefficient (Wildman–Crippen LogP) is -0.0396. The molecule has 1 radical (unpaired) electrons. The number of nitrogens with zero attached hydrogens (tertiary/aromatic N) is 1. The fourth-order valence-corrected chi connectivity index (χ4v) is 0.771. The lowest BCUT2D eigenvalue weighted by Gasteiger charge is -1.91. The molecule has 0 rings (SSSR count). The molecule has 0 saturated heterocycles. The van der Waals surface area contributed by atoms with Crippen LogP contribution >= 0.6 is 0 Å². The lowest BCUT2D eigenvalue weighted by Crippen LogP contribution is -2.14. The lowest BCUT2D eigenvalue weighted by atomic mass is 10.5. The van der Waals surface area contributed by atoms with Crippen molar-refractivity contribution in [2.24, 2.45) is 0 Å². The van der Waals surface area contributed by atoms with Gasteiger partial charge in [0, 0.05) is 6.54 Å². The van der Waals surface area contributed by atoms with Gasteiger partial charge in [-0.05, 0) is 6.42 Å². The minimum absolute atomic E-state index is 0.416. The van der Waals surface area contributed by atoms with Crippen molar-refractivity contribution >= 4 is 10.0 Å². The smallest absolute Gasteiger partial charge is 0.211 e. The van der Waals surface area contributed by atoms with Crippen molar-refractivity contribution in [1.29, 1.82) is 0 Å². The molecule has 0 unspecified atom stereocenters. The third-order valence-corrected chi connectivity index (χ3v) is 1.20. The Morgan fingerprint density at radius 2 is 2.00 bits per heavy atom. The molecule has 0 N–H and O–H groups in total. The number of sulfonamides is 1. The molecule has 0 aliphatic rings. The minimum atomic E-state index is -3.06. The number of rotatable bonds is 3. The maximum Gasteiger partial charge on any atom is 0.224 e. The van der Waals surface area contributed by atoms with Crippen molar-refractivity contribution in [3.63, 3.8) is 0 Å². The van der Waals surface area contributed by atoms with E-state index >= 15 is 0 Å². The van der Waals surface area contributed by atoms with Gasteiger partial charge in [0.15, 0.2) is 0 Å². The highest BCUT2D eigenvalue weighted by molar-refractivity contribution is 7.88. The Bertz CT molecular complexity index is 138. The summed E-state index contributed by atoms with van der Waals surface area (Å²) >= 11 is 0. The second-order valence-corrected chi connectivity index (χ2v) is 3.31. The summed E-state index contributed by atoms with van der Waals surface area (Å²) in [6, 6.07) is 0. The van der Waals surface area contributed by atoms with Crippen LogP contribution < -0.4 is 4.72 Å². The van der Waals surface area contributed by atoms with Crippen LogP contribution in [0.25, 0.3) is 0 Å². The Morgan fingerprint density at radius 3 is 2.12 bits per heavy atom. The van der Waals surface area contributed by atoms with Crippen molar-refractivity contribution in [1.82, 2.24) is 4.72 Å². The van der Waals surface area contributed by atoms with Gasteiger partial charge in [-0.15, -0.1) is 4.72 Å². The van der Waals surface area contributed by atoms with Crippen LogP contribution in [0.15, 0.2) is 0 Å². The fraction of sp³-hybridized carbons (Fsp3) is 1.00. The average Bonchev–Trinajstić information content (AvgIpc) is 1.59. The summed E-state index contributed by atoms with van der Waals surface area (Å²) in [6.45, 7) is 2.30. The molecule has 0 aliphatic heterocycles. The summed E-state index contributed by atoms with van der Waals surface area (Å²) in [5.41, 5.74) is 0. The molecule has 0 bridgehead atoms. The second-order valence-electron chi connectivity index (χ2n) is 1.59. The summed E-state index contributed by atoms with van der Waals surface area (Å²) in [6.07, 6.45) is 1.88. The Balaban J connectivity index is 3.42. The molecular weight excluding hydrogens is 126 g/mol. The molecule has 4 heteroatoms. The molecule has 0 aromatic carbocycles. The molecule has 8 heavy (non-hydrogen) atoms. The summed E-state index contributed by atoms with van der Waals surface area (Å²) < 4.78 is 23.8. The van der Waals surface area contributed by atoms with Gasteiger partial charge in [-0.25, -0.2) is 8.42 Å². The number of hydrogen-bond acceptors (Lipinski definition) is 2. The van der Waals surface area contributed by atoms with E-state index in [4.69, 9.17) is 0 Å². The second kappa shape index (κ2) is 3.04. The van der Waals surface area contributed by atoms with Crippen molar-refractivity contribution < 1.29 is 8.42 Å². The van der Waals surface area contributed by atoms with E-state index in [1.165, 1.54) is 0 Å². The number of hydrogen-bond donors (Lipinski definition) is 0. The van der Waals surface area contributed by atoms with E-state index in [2.05, 4.69) is 4.72 Å². The molecule has 0 atom stereocenters. The highest BCUT2D eigenvalue weighted by atomic mass is 32.2. The molecule has 0 fully saturated rings. The van der Waals surface area contributed by atoms with Gasteiger partial charge in [0.2, 0.25) is 10.0 Å². The van der Waals surface area contributed by atoms with Gasteiger partial charge in [0.05, 0.1) is 6.26 Å². The Labute approximate surface area is 50.1 Å². The van der Waals surface area contributed by atoms with Crippen LogP contribution in [0.1, 0.15) is 13.3 Å². The average molecular weight is 136 g/mol. The molecule has 3 nitrogen and oxygen atoms in total. The monoisotopic (exact) mass is 136 g/mol. The van der Waals surface area contributed by atoms with Gasteiger partial charge in [0.1, 0.15) is 0 Å². The minimum Gasteiger partial charge on any atom is -0.211 e. The molecule has 0 aromatic rings. The first-order valence-electron chi connectivity index (χ1n) is 2.45. The van der Waals surface area contributed by atoms with E-state index in [0.717, 1.165) is 12.7 Å². The zero-order valence-corrected chi connectivity index (χ0v) is 5.90. The highest BCUT2D eigenvalue weighted by Gasteiger charge is 1.97. The molecular formula is C4H10NO2S. The van der Waals surface area contributed by atoms with Gasteiger partial charge < -0.3 is 0 Å². The molecule has 0 amide bonds. The van der Waals surface area contributed by atoms with Gasteiger partial charge in [0.25, 0.3) is 0 Å². The Kier molecular flexibility index (Phi) is 3.01. The van der Waals surface area contributed by atoms with E-state index in [0.29, 0.717) is 6.54 Å². The zero-order valence-electron chi connectivity index (χ0n) is 5.09. The van der Waals surface area contributed by atoms with E-state index < -0.39 is 10.0 Å². The summed E-state index contributed by atoms with van der Waals surface area (Å²) in [7, 11) is -3.06. The normalized spacial score (nSPS) is 11.8. The van der Waals surface area contributed by atoms with E-state index in [-0.39, 0.29) is 0 Å². The molecule has 0 aromatic heterocycles. The third-order valence-electron chi connectivity index (χ3n) is 0.549. The molecule has 0 heterocycles. The largest absolute Gasteiger partial charge is 0.224 e. The maximum absolute atomic E-state index is 10.2. The van der Waals surface area contributed by atoms with E-state index in [9.17, 15) is 8.42 Å². The third kappa shape index (κ3) is 5.91. The van der Waals surface area contributed by atoms with Crippen LogP contribution in [0.4, 0.5) is 0 Å². The highest BCUT2D eigenvalue weighted by Crippen LogP contribution is 1.78. The van der Waals surface area contributed by atoms with Crippen LogP contribution in [-0.4, -0.2) is 21.2 Å². The summed E-state index contributed by atoms with van der Waals surface area (Å²) in [4.78, 5) is 0. The standard InChI is InChI=1S/C4H10NO2S/c1-3-4-5-8(2,6)7/h3-4H2,1-2H3. The molecule has 0 spiro atoms. The van der Waals surface area contributed by atoms with Crippen molar-refractivity contribution in [2.45, 2.75) is 13.3 Å². The zero-order chi connectivity index (χ0) is 6.62. The van der Waals surface area contributed by atoms with Crippen LogP contribution in [0, 0.1) is 0 Å². The summed E-state index contributed by atoms with van der Waals surface area (Å²) in [5.74, 6) is 0. The van der Waals surface area contributed by atoms with E-state index in [1.54, 1.807) is 0 Å². The Morgan fingerprint density at radius 1 is 1.50 bits per heavy atom. The Hall–Kier alpha value is -0.0900. The lowest BCUT2D eigenvalue weighted by molar-refractivity contribution is 0.585. The van der Waals surface area contributed by atoms with Crippen molar-refractivity contribution in [2.75, 3.05) is 12.8 Å². The van der Waals surface area contributed by atoms with Gasteiger partial charge in [-0.3, -0.25) is 0 Å². The maximum atomic E-state index is 10.2. The molecule has 49 valence electrons. The quantitative estimate of drug-likeness (QED) is 0.546. The SMILES string of the molecule is CCC[N]S(C)(=O)=O. The first-order valence-corrected chi connectivity index (χ1v) is 4.30. The van der Waals surface area contributed by atoms with Gasteiger partial charge in [-0.2, -0.15) is 0 Å². The first kappa shape index (κ1) is 7.91. The fourth-order valence-electron chi connectivity index (χ4n) is 0.257. The van der Waals surface area contributed by atoms with E-state index in [1.807, 2.05) is 6.92 Å². The topological polar surface area (TPSA) is 48.2 Å². The molecule has 0 saturated carbocycles.